The van der Waals surface area contributed by atoms with Crippen LogP contribution < -0.4 is 4.74 Å². The van der Waals surface area contributed by atoms with Crippen molar-refractivity contribution in [2.45, 2.75) is 6.92 Å². The topological polar surface area (TPSA) is 62.7 Å². The average Bonchev–Trinajstić information content (AvgIpc) is 2.21. The monoisotopic (exact) mass is 224 g/mol. The molecule has 5 heteroatoms. The second-order valence-corrected chi connectivity index (χ2v) is 3.26. The molecule has 0 heterocycles. The van der Waals surface area contributed by atoms with Crippen molar-refractivity contribution in [3.05, 3.63) is 34.3 Å². The van der Waals surface area contributed by atoms with Gasteiger partial charge in [-0.3, -0.25) is 4.79 Å². The normalized spacial score (nSPS) is 9.27. The van der Waals surface area contributed by atoms with Crippen molar-refractivity contribution in [3.8, 4) is 5.75 Å². The van der Waals surface area contributed by atoms with Gasteiger partial charge in [-0.15, -0.1) is 0 Å². The summed E-state index contributed by atoms with van der Waals surface area (Å²) in [6, 6.07) is 4.77. The van der Waals surface area contributed by atoms with Gasteiger partial charge < -0.3 is 10.3 Å². The molecule has 0 radical (unpaired) electrons. The number of carbonyl (C=O) groups excluding carboxylic acids is 1. The van der Waals surface area contributed by atoms with E-state index in [-0.39, 0.29) is 11.5 Å². The fraction of sp³-hybridized carbons (Fsp3) is 0.200. The Balaban J connectivity index is 3.35. The highest BCUT2D eigenvalue weighted by Gasteiger charge is 2.21. The van der Waals surface area contributed by atoms with Crippen LogP contribution in [-0.2, 0) is 4.79 Å². The van der Waals surface area contributed by atoms with E-state index in [1.54, 1.807) is 18.2 Å². The van der Waals surface area contributed by atoms with E-state index in [2.05, 4.69) is 4.79 Å². The number of ether oxygens (including phenoxy) is 1. The van der Waals surface area contributed by atoms with Crippen molar-refractivity contribution in [1.82, 2.24) is 0 Å². The largest absolute Gasteiger partial charge is 0.497 e. The molecule has 0 aromatic heterocycles. The van der Waals surface area contributed by atoms with Crippen molar-refractivity contribution in [1.29, 1.82) is 0 Å². The van der Waals surface area contributed by atoms with Crippen LogP contribution in [0.1, 0.15) is 12.5 Å². The maximum Gasteiger partial charge on any atom is 0.366 e. The van der Waals surface area contributed by atoms with E-state index >= 15 is 0 Å². The average molecular weight is 225 g/mol. The standard InChI is InChI=1S/C10H9ClN2O2/c1-6(14)10(13-12)8-5-7(15-2)3-4-9(8)11/h3-5H,1-2H3. The van der Waals surface area contributed by atoms with Crippen LogP contribution in [0, 0.1) is 0 Å². The summed E-state index contributed by atoms with van der Waals surface area (Å²) in [6.07, 6.45) is 0. The number of nitrogens with zero attached hydrogens (tertiary/aromatic N) is 2. The molecule has 0 atom stereocenters. The molecule has 78 valence electrons. The Hall–Kier alpha value is -1.64. The summed E-state index contributed by atoms with van der Waals surface area (Å²) in [7, 11) is 1.50. The lowest BCUT2D eigenvalue weighted by molar-refractivity contribution is -0.115. The lowest BCUT2D eigenvalue weighted by Gasteiger charge is -2.02. The van der Waals surface area contributed by atoms with Crippen molar-refractivity contribution in [2.24, 2.45) is 0 Å². The number of methoxy groups -OCH3 is 1. The molecule has 1 rings (SSSR count). The van der Waals surface area contributed by atoms with Gasteiger partial charge in [0, 0.05) is 6.92 Å². The summed E-state index contributed by atoms with van der Waals surface area (Å²) in [5.41, 5.74) is 8.97. The second-order valence-electron chi connectivity index (χ2n) is 2.85. The molecule has 0 saturated heterocycles. The van der Waals surface area contributed by atoms with Crippen LogP contribution in [-0.4, -0.2) is 23.4 Å². The van der Waals surface area contributed by atoms with Crippen molar-refractivity contribution in [2.75, 3.05) is 7.11 Å². The molecular formula is C10H9ClN2O2. The Morgan fingerprint density at radius 2 is 2.20 bits per heavy atom. The quantitative estimate of drug-likeness (QED) is 0.448. The number of benzene rings is 1. The number of hydrogen-bond acceptors (Lipinski definition) is 2. The number of ketones is 1. The van der Waals surface area contributed by atoms with Crippen molar-refractivity contribution in [3.63, 3.8) is 0 Å². The molecule has 0 amide bonds. The molecule has 0 spiro atoms. The molecule has 0 unspecified atom stereocenters. The minimum Gasteiger partial charge on any atom is -0.497 e. The molecule has 0 aliphatic heterocycles. The highest BCUT2D eigenvalue weighted by Crippen LogP contribution is 2.22. The lowest BCUT2D eigenvalue weighted by atomic mass is 10.1. The van der Waals surface area contributed by atoms with Crippen molar-refractivity contribution >= 4 is 23.1 Å². The maximum absolute atomic E-state index is 11.1. The summed E-state index contributed by atoms with van der Waals surface area (Å²) < 4.78 is 4.98. The summed E-state index contributed by atoms with van der Waals surface area (Å²) in [4.78, 5) is 14.1. The van der Waals surface area contributed by atoms with E-state index < -0.39 is 0 Å². The van der Waals surface area contributed by atoms with Gasteiger partial charge in [0.2, 0.25) is 5.78 Å². The first kappa shape index (κ1) is 11.4. The maximum atomic E-state index is 11.1. The summed E-state index contributed by atoms with van der Waals surface area (Å²) in [6.45, 7) is 1.30. The first-order chi connectivity index (χ1) is 7.10. The minimum atomic E-state index is -0.368. The fourth-order valence-corrected chi connectivity index (χ4v) is 1.33. The molecule has 1 aromatic carbocycles. The number of rotatable bonds is 3. The van der Waals surface area contributed by atoms with Crippen LogP contribution >= 0.6 is 11.6 Å². The molecule has 0 N–H and O–H groups in total. The van der Waals surface area contributed by atoms with E-state index in [9.17, 15) is 4.79 Å². The number of carbonyl (C=O) groups is 1. The first-order valence-corrected chi connectivity index (χ1v) is 4.55. The molecule has 0 saturated carbocycles. The molecule has 0 aliphatic carbocycles. The van der Waals surface area contributed by atoms with Crippen LogP contribution in [0.25, 0.3) is 5.53 Å². The van der Waals surface area contributed by atoms with Gasteiger partial charge in [0.05, 0.1) is 17.7 Å². The zero-order valence-electron chi connectivity index (χ0n) is 8.32. The van der Waals surface area contributed by atoms with Gasteiger partial charge in [0.25, 0.3) is 0 Å². The van der Waals surface area contributed by atoms with E-state index in [1.165, 1.54) is 14.0 Å². The molecule has 4 nitrogen and oxygen atoms in total. The molecule has 0 aliphatic rings. The van der Waals surface area contributed by atoms with Gasteiger partial charge in [-0.05, 0) is 18.2 Å². The summed E-state index contributed by atoms with van der Waals surface area (Å²) in [5.74, 6) is 0.171. The molecule has 15 heavy (non-hydrogen) atoms. The van der Waals surface area contributed by atoms with Crippen LogP contribution in [0.2, 0.25) is 5.02 Å². The molecular weight excluding hydrogens is 216 g/mol. The highest BCUT2D eigenvalue weighted by atomic mass is 35.5. The lowest BCUT2D eigenvalue weighted by Crippen LogP contribution is -2.13. The van der Waals surface area contributed by atoms with Gasteiger partial charge in [-0.25, -0.2) is 0 Å². The second kappa shape index (κ2) is 4.73. The zero-order chi connectivity index (χ0) is 11.4. The number of hydrogen-bond donors (Lipinski definition) is 0. The predicted molar refractivity (Wildman–Crippen MR) is 56.4 cm³/mol. The Morgan fingerprint density at radius 1 is 1.53 bits per heavy atom. The van der Waals surface area contributed by atoms with E-state index in [1.807, 2.05) is 0 Å². The Bertz CT molecular complexity index is 451. The van der Waals surface area contributed by atoms with E-state index in [4.69, 9.17) is 21.9 Å². The molecule has 1 aromatic rings. The van der Waals surface area contributed by atoms with Gasteiger partial charge in [0.15, 0.2) is 0 Å². The summed E-state index contributed by atoms with van der Waals surface area (Å²) >= 11 is 5.87. The van der Waals surface area contributed by atoms with E-state index in [0.717, 1.165) is 0 Å². The van der Waals surface area contributed by atoms with Gasteiger partial charge >= 0.3 is 5.71 Å². The fourth-order valence-electron chi connectivity index (χ4n) is 1.13. The third kappa shape index (κ3) is 2.43. The third-order valence-electron chi connectivity index (χ3n) is 1.86. The predicted octanol–water partition coefficient (Wildman–Crippen LogP) is 1.96. The Labute approximate surface area is 92.1 Å². The van der Waals surface area contributed by atoms with Gasteiger partial charge in [-0.2, -0.15) is 4.79 Å². The van der Waals surface area contributed by atoms with Gasteiger partial charge in [0.1, 0.15) is 5.75 Å². The van der Waals surface area contributed by atoms with Gasteiger partial charge in [-0.1, -0.05) is 11.6 Å². The molecule has 0 fully saturated rings. The van der Waals surface area contributed by atoms with Crippen LogP contribution in [0.3, 0.4) is 0 Å². The first-order valence-electron chi connectivity index (χ1n) is 4.17. The van der Waals surface area contributed by atoms with Crippen LogP contribution in [0.5, 0.6) is 5.75 Å². The zero-order valence-corrected chi connectivity index (χ0v) is 9.08. The molecule has 0 bridgehead atoms. The number of halogens is 1. The van der Waals surface area contributed by atoms with Crippen molar-refractivity contribution < 1.29 is 14.3 Å². The van der Waals surface area contributed by atoms with Crippen LogP contribution in [0.4, 0.5) is 0 Å². The highest BCUT2D eigenvalue weighted by molar-refractivity contribution is 6.47. The number of Topliss-reactive ketones (excluding diaryl/α,β-unsaturated/α-hetero) is 1. The minimum absolute atomic E-state index is 0.0844. The third-order valence-corrected chi connectivity index (χ3v) is 2.19. The Morgan fingerprint density at radius 3 is 2.67 bits per heavy atom. The van der Waals surface area contributed by atoms with E-state index in [0.29, 0.717) is 16.3 Å². The summed E-state index contributed by atoms with van der Waals surface area (Å²) in [5, 5.41) is 0.332. The smallest absolute Gasteiger partial charge is 0.366 e. The SMILES string of the molecule is COc1ccc(Cl)c(C(=[N+]=[N-])C(C)=O)c1. The van der Waals surface area contributed by atoms with Crippen LogP contribution in [0.15, 0.2) is 18.2 Å². The Kier molecular flexibility index (Phi) is 3.61.